The van der Waals surface area contributed by atoms with Crippen molar-refractivity contribution in [1.82, 2.24) is 4.90 Å². The summed E-state index contributed by atoms with van der Waals surface area (Å²) in [5.41, 5.74) is 0.414. The van der Waals surface area contributed by atoms with E-state index in [4.69, 9.17) is 10.00 Å². The summed E-state index contributed by atoms with van der Waals surface area (Å²) >= 11 is 0. The van der Waals surface area contributed by atoms with Crippen LogP contribution >= 0.6 is 0 Å². The Morgan fingerprint density at radius 3 is 2.71 bits per heavy atom. The number of nitrogens with zero attached hydrogens (tertiary/aromatic N) is 3. The van der Waals surface area contributed by atoms with Gasteiger partial charge >= 0.3 is 6.18 Å². The van der Waals surface area contributed by atoms with Crippen molar-refractivity contribution in [1.29, 1.82) is 5.26 Å². The van der Waals surface area contributed by atoms with Gasteiger partial charge in [0, 0.05) is 49.5 Å². The van der Waals surface area contributed by atoms with Crippen LogP contribution < -0.4 is 4.90 Å². The third-order valence-corrected chi connectivity index (χ3v) is 7.01. The number of halogens is 3. The molecule has 180 valence electrons. The number of likely N-dealkylation sites (tertiary alicyclic amines) is 1. The fraction of sp³-hybridized carbons (Fsp3) is 0.462. The lowest BCUT2D eigenvalue weighted by Crippen LogP contribution is -2.53. The summed E-state index contributed by atoms with van der Waals surface area (Å²) in [6.45, 7) is 6.97. The Balaban J connectivity index is 1.62. The normalized spacial score (nSPS) is 22.4. The van der Waals surface area contributed by atoms with Gasteiger partial charge in [0.2, 0.25) is 0 Å². The molecule has 2 aromatic carbocycles. The van der Waals surface area contributed by atoms with Crippen LogP contribution in [0, 0.1) is 29.6 Å². The van der Waals surface area contributed by atoms with E-state index >= 15 is 0 Å². The van der Waals surface area contributed by atoms with Crippen LogP contribution in [0.5, 0.6) is 0 Å². The van der Waals surface area contributed by atoms with Crippen molar-refractivity contribution in [3.8, 4) is 6.07 Å². The number of carbonyl (C=O) groups excluding carboxylic acids is 1. The van der Waals surface area contributed by atoms with Crippen LogP contribution in [0.4, 0.5) is 18.9 Å². The molecule has 2 aliphatic rings. The number of fused-ring (bicyclic) bond motifs is 1. The summed E-state index contributed by atoms with van der Waals surface area (Å²) in [6, 6.07) is 13.0. The van der Waals surface area contributed by atoms with E-state index < -0.39 is 11.7 Å². The molecular weight excluding hydrogens is 443 g/mol. The van der Waals surface area contributed by atoms with Crippen LogP contribution in [-0.4, -0.2) is 50.2 Å². The summed E-state index contributed by atoms with van der Waals surface area (Å²) in [7, 11) is 0. The minimum absolute atomic E-state index is 0.0331. The van der Waals surface area contributed by atoms with Gasteiger partial charge in [0.25, 0.3) is 5.91 Å². The van der Waals surface area contributed by atoms with Gasteiger partial charge in [0.15, 0.2) is 0 Å². The van der Waals surface area contributed by atoms with Gasteiger partial charge in [-0.25, -0.2) is 0 Å². The van der Waals surface area contributed by atoms with Gasteiger partial charge in [0.1, 0.15) is 0 Å². The first kappa shape index (κ1) is 24.1. The maximum Gasteiger partial charge on any atom is 0.417 e. The fourth-order valence-corrected chi connectivity index (χ4v) is 5.29. The molecule has 2 fully saturated rings. The van der Waals surface area contributed by atoms with Gasteiger partial charge in [-0.3, -0.25) is 4.79 Å². The molecule has 4 rings (SSSR count). The quantitative estimate of drug-likeness (QED) is 0.623. The van der Waals surface area contributed by atoms with Gasteiger partial charge in [-0.1, -0.05) is 17.7 Å². The van der Waals surface area contributed by atoms with Gasteiger partial charge in [-0.15, -0.1) is 0 Å². The number of hydrogen-bond acceptors (Lipinski definition) is 4. The zero-order valence-electron chi connectivity index (χ0n) is 19.4. The Hall–Kier alpha value is -3.05. The zero-order chi connectivity index (χ0) is 24.5. The number of rotatable bonds is 5. The Kier molecular flexibility index (Phi) is 6.59. The number of alkyl halides is 3. The van der Waals surface area contributed by atoms with E-state index in [-0.39, 0.29) is 22.8 Å². The molecule has 34 heavy (non-hydrogen) atoms. The monoisotopic (exact) mass is 471 g/mol. The molecule has 0 saturated carbocycles. The Bertz CT molecular complexity index is 1110. The molecule has 2 aromatic rings. The first-order chi connectivity index (χ1) is 16.2. The topological polar surface area (TPSA) is 56.6 Å². The molecule has 0 N–H and O–H groups in total. The lowest BCUT2D eigenvalue weighted by Gasteiger charge is -2.44. The molecule has 8 heteroatoms. The van der Waals surface area contributed by atoms with Crippen molar-refractivity contribution >= 4 is 11.6 Å². The predicted octanol–water partition coefficient (Wildman–Crippen LogP) is 4.89. The highest BCUT2D eigenvalue weighted by Gasteiger charge is 2.51. The number of ether oxygens (including phenoxy) is 1. The third kappa shape index (κ3) is 4.62. The van der Waals surface area contributed by atoms with E-state index in [0.29, 0.717) is 50.6 Å². The number of nitriles is 1. The van der Waals surface area contributed by atoms with Crippen molar-refractivity contribution in [2.75, 3.05) is 44.3 Å². The van der Waals surface area contributed by atoms with Gasteiger partial charge in [-0.2, -0.15) is 18.4 Å². The van der Waals surface area contributed by atoms with E-state index in [1.165, 1.54) is 6.07 Å². The van der Waals surface area contributed by atoms with Crippen molar-refractivity contribution < 1.29 is 22.7 Å². The number of piperidine rings is 1. The van der Waals surface area contributed by atoms with E-state index in [1.54, 1.807) is 12.1 Å². The molecule has 2 atom stereocenters. The molecule has 0 bridgehead atoms. The second kappa shape index (κ2) is 9.30. The van der Waals surface area contributed by atoms with Crippen molar-refractivity contribution in [2.45, 2.75) is 26.4 Å². The molecule has 2 aliphatic heterocycles. The summed E-state index contributed by atoms with van der Waals surface area (Å²) in [4.78, 5) is 17.0. The first-order valence-corrected chi connectivity index (χ1v) is 11.5. The molecule has 0 aromatic heterocycles. The highest BCUT2D eigenvalue weighted by Crippen LogP contribution is 2.45. The highest BCUT2D eigenvalue weighted by molar-refractivity contribution is 5.94. The summed E-state index contributed by atoms with van der Waals surface area (Å²) < 4.78 is 46.4. The summed E-state index contributed by atoms with van der Waals surface area (Å²) in [5.74, 6) is 0.153. The number of carbonyl (C=O) groups is 1. The summed E-state index contributed by atoms with van der Waals surface area (Å²) in [6.07, 6.45) is -3.85. The smallest absolute Gasteiger partial charge is 0.381 e. The molecule has 0 aliphatic carbocycles. The van der Waals surface area contributed by atoms with Gasteiger partial charge < -0.3 is 14.5 Å². The van der Waals surface area contributed by atoms with E-state index in [0.717, 1.165) is 18.1 Å². The molecule has 2 saturated heterocycles. The Labute approximate surface area is 197 Å². The predicted molar refractivity (Wildman–Crippen MR) is 122 cm³/mol. The standard InChI is InChI=1S/C26H28F3N3O2/c1-3-34-17-25-15-31(24(33)19-6-4-5-18(2)11-19)10-9-21(25)14-32(16-25)22-8-7-20(13-30)23(12-22)26(27,28)29/h4-8,11-12,21H,3,9-10,14-17H2,1-2H3. The minimum atomic E-state index is -4.60. The van der Waals surface area contributed by atoms with E-state index in [1.807, 2.05) is 47.9 Å². The van der Waals surface area contributed by atoms with Crippen LogP contribution in [-0.2, 0) is 10.9 Å². The molecular formula is C26H28F3N3O2. The SMILES string of the molecule is CCOCC12CN(C(=O)c3cccc(C)c3)CCC1CN(c1ccc(C#N)c(C(F)(F)F)c1)C2. The molecule has 2 heterocycles. The number of aryl methyl sites for hydroxylation is 1. The zero-order valence-corrected chi connectivity index (χ0v) is 19.4. The first-order valence-electron chi connectivity index (χ1n) is 11.5. The lowest BCUT2D eigenvalue weighted by molar-refractivity contribution is -0.137. The van der Waals surface area contributed by atoms with Crippen molar-refractivity contribution in [2.24, 2.45) is 11.3 Å². The van der Waals surface area contributed by atoms with Crippen LogP contribution in [0.2, 0.25) is 0 Å². The number of hydrogen-bond donors (Lipinski definition) is 0. The Morgan fingerprint density at radius 1 is 1.24 bits per heavy atom. The van der Waals surface area contributed by atoms with E-state index in [9.17, 15) is 18.0 Å². The third-order valence-electron chi connectivity index (χ3n) is 7.01. The van der Waals surface area contributed by atoms with Crippen molar-refractivity contribution in [3.63, 3.8) is 0 Å². The molecule has 5 nitrogen and oxygen atoms in total. The van der Waals surface area contributed by atoms with Gasteiger partial charge in [-0.05, 0) is 56.5 Å². The highest BCUT2D eigenvalue weighted by atomic mass is 19.4. The second-order valence-electron chi connectivity index (χ2n) is 9.30. The molecule has 2 unspecified atom stereocenters. The van der Waals surface area contributed by atoms with E-state index in [2.05, 4.69) is 0 Å². The fourth-order valence-electron chi connectivity index (χ4n) is 5.29. The number of anilines is 1. The summed E-state index contributed by atoms with van der Waals surface area (Å²) in [5, 5.41) is 9.12. The number of amides is 1. The average molecular weight is 472 g/mol. The van der Waals surface area contributed by atoms with Crippen molar-refractivity contribution in [3.05, 3.63) is 64.7 Å². The largest absolute Gasteiger partial charge is 0.417 e. The average Bonchev–Trinajstić information content (AvgIpc) is 3.20. The van der Waals surface area contributed by atoms with Crippen LogP contribution in [0.1, 0.15) is 40.4 Å². The number of benzene rings is 2. The van der Waals surface area contributed by atoms with Crippen LogP contribution in [0.15, 0.2) is 42.5 Å². The second-order valence-corrected chi connectivity index (χ2v) is 9.30. The molecule has 0 spiro atoms. The minimum Gasteiger partial charge on any atom is -0.381 e. The maximum absolute atomic E-state index is 13.5. The maximum atomic E-state index is 13.5. The molecule has 0 radical (unpaired) electrons. The lowest BCUT2D eigenvalue weighted by atomic mass is 9.73. The molecule has 1 amide bonds. The van der Waals surface area contributed by atoms with Crippen LogP contribution in [0.25, 0.3) is 0 Å². The Morgan fingerprint density at radius 2 is 2.03 bits per heavy atom. The van der Waals surface area contributed by atoms with Crippen LogP contribution in [0.3, 0.4) is 0 Å². The van der Waals surface area contributed by atoms with Gasteiger partial charge in [0.05, 0.1) is 23.8 Å².